The Morgan fingerprint density at radius 3 is 0.640 bits per heavy atom. The quantitative estimate of drug-likeness (QED) is 0.503. The van der Waals surface area contributed by atoms with Gasteiger partial charge in [0.2, 0.25) is 0 Å². The van der Waals surface area contributed by atoms with Crippen LogP contribution in [0.4, 0.5) is 0 Å². The predicted octanol–water partition coefficient (Wildman–Crippen LogP) is 4.06. The van der Waals surface area contributed by atoms with Gasteiger partial charge >= 0.3 is 23.1 Å². The van der Waals surface area contributed by atoms with Gasteiger partial charge in [-0.1, -0.05) is 41.5 Å². The standard InChI is InChI=1S/3C5H14O2S.Mg/c3*1-3-5-8(6,7)4-2;/h3*6-7H,3-5H2,1-2H3;/q;;;+2/p-6. The Hall–Kier alpha value is 1.58. The Kier molecular flexibility index (Phi) is 25.8. The number of sulfone groups is 3. The van der Waals surface area contributed by atoms with Gasteiger partial charge in [-0.25, -0.2) is 0 Å². The van der Waals surface area contributed by atoms with Crippen LogP contribution in [0.5, 0.6) is 0 Å². The van der Waals surface area contributed by atoms with Crippen LogP contribution in [0, 0.1) is 0 Å². The van der Waals surface area contributed by atoms with Gasteiger partial charge in [-0.3, -0.25) is 0 Å². The van der Waals surface area contributed by atoms with Crippen molar-refractivity contribution in [1.82, 2.24) is 0 Å². The van der Waals surface area contributed by atoms with E-state index in [1.54, 1.807) is 20.8 Å². The van der Waals surface area contributed by atoms with Gasteiger partial charge in [0.05, 0.1) is 0 Å². The first-order valence-electron chi connectivity index (χ1n) is 8.47. The van der Waals surface area contributed by atoms with Crippen LogP contribution in [-0.4, -0.2) is 84.9 Å². The molecule has 0 aromatic heterocycles. The van der Waals surface area contributed by atoms with E-state index in [-0.39, 0.29) is 40.3 Å². The Bertz CT molecular complexity index is 239. The van der Waals surface area contributed by atoms with Crippen LogP contribution in [0.2, 0.25) is 0 Å². The first-order chi connectivity index (χ1) is 10.9. The maximum atomic E-state index is 10.6. The molecule has 0 rings (SSSR count). The molecular formula is C15H36MgO6S3-4. The third-order valence-electron chi connectivity index (χ3n) is 2.86. The summed E-state index contributed by atoms with van der Waals surface area (Å²) in [6.45, 7) is 10.6. The van der Waals surface area contributed by atoms with Crippen LogP contribution in [0.25, 0.3) is 0 Å². The van der Waals surface area contributed by atoms with Crippen LogP contribution in [0.3, 0.4) is 0 Å². The number of hydrogen-bond acceptors (Lipinski definition) is 6. The summed E-state index contributed by atoms with van der Waals surface area (Å²) >= 11 is 0. The van der Waals surface area contributed by atoms with Crippen molar-refractivity contribution in [1.29, 1.82) is 0 Å². The second-order valence-electron chi connectivity index (χ2n) is 5.21. The Balaban J connectivity index is -0.000000130. The molecule has 156 valence electrons. The molecular weight excluding hydrogens is 397 g/mol. The van der Waals surface area contributed by atoms with Gasteiger partial charge in [0.25, 0.3) is 0 Å². The molecule has 10 heteroatoms. The molecule has 0 radical (unpaired) electrons. The normalized spacial score (nSPS) is 13.4. The molecule has 0 amide bonds. The zero-order valence-electron chi connectivity index (χ0n) is 16.7. The molecule has 25 heavy (non-hydrogen) atoms. The van der Waals surface area contributed by atoms with Crippen LogP contribution in [0.1, 0.15) is 60.8 Å². The number of hydrogen-bond donors (Lipinski definition) is 0. The second-order valence-corrected chi connectivity index (χ2v) is 12.6. The molecule has 0 atom stereocenters. The molecule has 0 unspecified atom stereocenters. The van der Waals surface area contributed by atoms with Gasteiger partial charge in [0.1, 0.15) is 0 Å². The summed E-state index contributed by atoms with van der Waals surface area (Å²) in [5, 5.41) is 0. The van der Waals surface area contributed by atoms with E-state index in [1.165, 1.54) is 0 Å². The third-order valence-corrected chi connectivity index (χ3v) is 8.59. The van der Waals surface area contributed by atoms with Crippen molar-refractivity contribution in [2.45, 2.75) is 60.8 Å². The van der Waals surface area contributed by atoms with Gasteiger partial charge in [0.15, 0.2) is 0 Å². The molecule has 0 aliphatic carbocycles. The van der Waals surface area contributed by atoms with E-state index in [0.717, 1.165) is 19.3 Å². The van der Waals surface area contributed by atoms with Crippen molar-refractivity contribution in [2.24, 2.45) is 0 Å². The van der Waals surface area contributed by atoms with E-state index in [0.29, 0.717) is 17.3 Å². The fraction of sp³-hybridized carbons (Fsp3) is 1.00. The molecule has 0 aliphatic rings. The SMILES string of the molecule is CCCS([O-])([O-])CC.CCCS([O-])([O-])CC.CCCS([O-])([O-])CC.[Mg+2]. The molecule has 0 fully saturated rings. The minimum atomic E-state index is -2.67. The number of rotatable bonds is 9. The van der Waals surface area contributed by atoms with Crippen LogP contribution < -0.4 is 0 Å². The zero-order valence-corrected chi connectivity index (χ0v) is 20.6. The topological polar surface area (TPSA) is 138 Å². The van der Waals surface area contributed by atoms with E-state index in [1.807, 2.05) is 20.8 Å². The van der Waals surface area contributed by atoms with Gasteiger partial charge in [-0.15, -0.1) is 0 Å². The van der Waals surface area contributed by atoms with Gasteiger partial charge in [-0.2, -0.15) is 0 Å². The fourth-order valence-corrected chi connectivity index (χ4v) is 4.10. The first-order valence-corrected chi connectivity index (χ1v) is 13.9. The van der Waals surface area contributed by atoms with E-state index in [4.69, 9.17) is 0 Å². The molecule has 0 saturated heterocycles. The molecule has 0 bridgehead atoms. The summed E-state index contributed by atoms with van der Waals surface area (Å²) in [6, 6.07) is 0. The molecule has 0 aromatic rings. The second kappa shape index (κ2) is 18.9. The molecule has 0 aromatic carbocycles. The van der Waals surface area contributed by atoms with E-state index in [2.05, 4.69) is 0 Å². The molecule has 0 saturated carbocycles. The Morgan fingerprint density at radius 1 is 0.440 bits per heavy atom. The zero-order chi connectivity index (χ0) is 19.9. The first kappa shape index (κ1) is 34.1. The van der Waals surface area contributed by atoms with E-state index >= 15 is 0 Å². The summed E-state index contributed by atoms with van der Waals surface area (Å²) < 4.78 is 63.6. The summed E-state index contributed by atoms with van der Waals surface area (Å²) in [5.41, 5.74) is 0. The van der Waals surface area contributed by atoms with Crippen molar-refractivity contribution in [3.05, 3.63) is 0 Å². The summed E-state index contributed by atoms with van der Waals surface area (Å²) in [5.74, 6) is 1.85. The molecule has 0 N–H and O–H groups in total. The van der Waals surface area contributed by atoms with Crippen molar-refractivity contribution < 1.29 is 27.3 Å². The predicted molar refractivity (Wildman–Crippen MR) is 110 cm³/mol. The summed E-state index contributed by atoms with van der Waals surface area (Å²) in [7, 11) is -8.01. The summed E-state index contributed by atoms with van der Waals surface area (Å²) in [4.78, 5) is 0. The third kappa shape index (κ3) is 27.9. The Labute approximate surface area is 176 Å². The average Bonchev–Trinajstić information content (AvgIpc) is 2.48. The van der Waals surface area contributed by atoms with Crippen molar-refractivity contribution in [3.63, 3.8) is 0 Å². The largest absolute Gasteiger partial charge is 2.00 e. The van der Waals surface area contributed by atoms with Gasteiger partial charge < -0.3 is 59.1 Å². The van der Waals surface area contributed by atoms with Crippen LogP contribution in [-0.2, 0) is 0 Å². The van der Waals surface area contributed by atoms with Crippen LogP contribution in [0.15, 0.2) is 0 Å². The average molecular weight is 433 g/mol. The van der Waals surface area contributed by atoms with Crippen molar-refractivity contribution >= 4 is 54.8 Å². The molecule has 0 heterocycles. The van der Waals surface area contributed by atoms with Gasteiger partial charge in [0, 0.05) is 0 Å². The summed E-state index contributed by atoms with van der Waals surface area (Å²) in [6.07, 6.45) is 2.20. The van der Waals surface area contributed by atoms with Gasteiger partial charge in [-0.05, 0) is 53.8 Å². The van der Waals surface area contributed by atoms with Crippen molar-refractivity contribution in [2.75, 3.05) is 34.5 Å². The van der Waals surface area contributed by atoms with Crippen molar-refractivity contribution in [3.8, 4) is 0 Å². The molecule has 0 aliphatic heterocycles. The minimum absolute atomic E-state index is 0. The fourth-order valence-electron chi connectivity index (χ4n) is 1.37. The van der Waals surface area contributed by atoms with E-state index < -0.39 is 31.8 Å². The maximum Gasteiger partial charge on any atom is 2.00 e. The minimum Gasteiger partial charge on any atom is -0.800 e. The maximum absolute atomic E-state index is 10.6. The Morgan fingerprint density at radius 2 is 0.600 bits per heavy atom. The van der Waals surface area contributed by atoms with Crippen LogP contribution >= 0.6 is 31.8 Å². The smallest absolute Gasteiger partial charge is 0.800 e. The molecule has 0 spiro atoms. The van der Waals surface area contributed by atoms with E-state index in [9.17, 15) is 27.3 Å². The monoisotopic (exact) mass is 432 g/mol. The molecule has 6 nitrogen and oxygen atoms in total.